The molecule has 0 aliphatic rings. The van der Waals surface area contributed by atoms with Crippen molar-refractivity contribution >= 4 is 5.69 Å². The zero-order chi connectivity index (χ0) is 23.2. The summed E-state index contributed by atoms with van der Waals surface area (Å²) in [6, 6.07) is 11.9. The summed E-state index contributed by atoms with van der Waals surface area (Å²) in [6.07, 6.45) is 6.51. The van der Waals surface area contributed by atoms with E-state index < -0.39 is 0 Å². The van der Waals surface area contributed by atoms with Crippen molar-refractivity contribution in [3.8, 4) is 5.75 Å². The molecule has 0 spiro atoms. The molecule has 0 aliphatic carbocycles. The average molecular weight is 445 g/mol. The molecule has 178 valence electrons. The van der Waals surface area contributed by atoms with Gasteiger partial charge in [0.2, 0.25) is 0 Å². The summed E-state index contributed by atoms with van der Waals surface area (Å²) < 4.78 is 5.77. The van der Waals surface area contributed by atoms with E-state index in [2.05, 4.69) is 48.6 Å². The molecule has 2 rings (SSSR count). The lowest BCUT2D eigenvalue weighted by Gasteiger charge is -2.14. The van der Waals surface area contributed by atoms with Gasteiger partial charge in [0.05, 0.1) is 13.2 Å². The number of hydrogen-bond acceptors (Lipinski definition) is 6. The fourth-order valence-electron chi connectivity index (χ4n) is 3.74. The molecule has 4 N–H and O–H groups in total. The highest BCUT2D eigenvalue weighted by atomic mass is 16.5. The molecule has 0 radical (unpaired) electrons. The maximum atomic E-state index is 9.89. The fourth-order valence-corrected chi connectivity index (χ4v) is 3.74. The number of benzene rings is 2. The van der Waals surface area contributed by atoms with Crippen LogP contribution in [0.4, 0.5) is 5.69 Å². The Morgan fingerprint density at radius 2 is 1.53 bits per heavy atom. The van der Waals surface area contributed by atoms with E-state index in [0.29, 0.717) is 12.1 Å². The van der Waals surface area contributed by atoms with Crippen LogP contribution in [0, 0.1) is 0 Å². The molecule has 0 heterocycles. The number of unbranched alkanes of at least 4 members (excludes halogenated alkanes) is 3. The molecule has 2 aromatic rings. The summed E-state index contributed by atoms with van der Waals surface area (Å²) >= 11 is 0. The van der Waals surface area contributed by atoms with E-state index in [0.717, 1.165) is 69.4 Å². The van der Waals surface area contributed by atoms with Gasteiger partial charge in [0.15, 0.2) is 0 Å². The number of hydrogen-bond donors (Lipinski definition) is 4. The number of aliphatic hydroxyl groups is 2. The molecule has 2 aromatic carbocycles. The first-order chi connectivity index (χ1) is 15.6. The number of nitrogens with one attached hydrogen (secondary N) is 1. The van der Waals surface area contributed by atoms with Crippen LogP contribution in [0.5, 0.6) is 5.75 Å². The lowest BCUT2D eigenvalue weighted by atomic mass is 10.0. The molecule has 0 saturated heterocycles. The molecule has 0 saturated carbocycles. The summed E-state index contributed by atoms with van der Waals surface area (Å²) in [5.41, 5.74) is 4.60. The minimum absolute atomic E-state index is 0.0729. The van der Waals surface area contributed by atoms with Gasteiger partial charge in [-0.25, -0.2) is 0 Å². The Bertz CT molecular complexity index is 778. The lowest BCUT2D eigenvalue weighted by Crippen LogP contribution is -2.17. The number of anilines is 1. The summed E-state index contributed by atoms with van der Waals surface area (Å²) in [4.78, 5) is 2.11. The van der Waals surface area contributed by atoms with E-state index in [1.807, 2.05) is 0 Å². The minimum Gasteiger partial charge on any atom is -0.508 e. The van der Waals surface area contributed by atoms with Crippen LogP contribution in [0.15, 0.2) is 36.4 Å². The van der Waals surface area contributed by atoms with Crippen LogP contribution in [-0.4, -0.2) is 49.2 Å². The molecule has 0 atom stereocenters. The molecular formula is C26H40N2O4. The zero-order valence-electron chi connectivity index (χ0n) is 19.6. The fraction of sp³-hybridized carbons (Fsp3) is 0.538. The first kappa shape index (κ1) is 26.1. The van der Waals surface area contributed by atoms with Gasteiger partial charge < -0.3 is 30.3 Å². The van der Waals surface area contributed by atoms with Gasteiger partial charge in [-0.1, -0.05) is 31.0 Å². The van der Waals surface area contributed by atoms with Crippen molar-refractivity contribution in [2.45, 2.75) is 58.3 Å². The van der Waals surface area contributed by atoms with Gasteiger partial charge in [0.25, 0.3) is 0 Å². The molecule has 0 bridgehead atoms. The van der Waals surface area contributed by atoms with Crippen LogP contribution < -0.4 is 10.2 Å². The van der Waals surface area contributed by atoms with Crippen molar-refractivity contribution in [2.75, 3.05) is 38.8 Å². The number of rotatable bonds is 16. The zero-order valence-corrected chi connectivity index (χ0v) is 19.6. The molecule has 0 aliphatic heterocycles. The highest BCUT2D eigenvalue weighted by Gasteiger charge is 2.11. The van der Waals surface area contributed by atoms with Crippen LogP contribution in [-0.2, 0) is 30.9 Å². The Morgan fingerprint density at radius 3 is 2.22 bits per heavy atom. The topological polar surface area (TPSA) is 85.2 Å². The number of ether oxygens (including phenoxy) is 1. The second-order valence-electron chi connectivity index (χ2n) is 8.38. The van der Waals surface area contributed by atoms with Crippen molar-refractivity contribution in [3.05, 3.63) is 58.7 Å². The van der Waals surface area contributed by atoms with Crippen LogP contribution in [0.3, 0.4) is 0 Å². The third-order valence-electron chi connectivity index (χ3n) is 5.73. The maximum Gasteiger partial charge on any atom is 0.121 e. The SMILES string of the molecule is CN(C)c1ccc(CCCOCCCCCCNCc2c(CO)ccc(O)c2CO)cc1. The van der Waals surface area contributed by atoms with Gasteiger partial charge in [-0.05, 0) is 67.1 Å². The normalized spacial score (nSPS) is 11.1. The first-order valence-electron chi connectivity index (χ1n) is 11.7. The van der Waals surface area contributed by atoms with Gasteiger partial charge in [0.1, 0.15) is 5.75 Å². The third-order valence-corrected chi connectivity index (χ3v) is 5.73. The number of aryl methyl sites for hydroxylation is 1. The Hall–Kier alpha value is -2.12. The van der Waals surface area contributed by atoms with Gasteiger partial charge in [-0.3, -0.25) is 0 Å². The van der Waals surface area contributed by atoms with Gasteiger partial charge in [-0.2, -0.15) is 0 Å². The van der Waals surface area contributed by atoms with E-state index >= 15 is 0 Å². The molecule has 32 heavy (non-hydrogen) atoms. The number of aliphatic hydroxyl groups excluding tert-OH is 2. The van der Waals surface area contributed by atoms with Crippen molar-refractivity contribution in [1.82, 2.24) is 5.32 Å². The van der Waals surface area contributed by atoms with Crippen LogP contribution in [0.25, 0.3) is 0 Å². The summed E-state index contributed by atoms with van der Waals surface area (Å²) in [6.45, 7) is 2.67. The molecule has 0 amide bonds. The van der Waals surface area contributed by atoms with E-state index in [1.165, 1.54) is 17.3 Å². The second kappa shape index (κ2) is 14.9. The molecule has 0 unspecified atom stereocenters. The predicted octanol–water partition coefficient (Wildman–Crippen LogP) is 3.74. The first-order valence-corrected chi connectivity index (χ1v) is 11.7. The van der Waals surface area contributed by atoms with E-state index in [1.54, 1.807) is 6.07 Å². The molecule has 0 aromatic heterocycles. The van der Waals surface area contributed by atoms with Crippen LogP contribution in [0.2, 0.25) is 0 Å². The summed E-state index contributed by atoms with van der Waals surface area (Å²) in [5, 5.41) is 32.2. The number of nitrogens with zero attached hydrogens (tertiary/aromatic N) is 1. The highest BCUT2D eigenvalue weighted by Crippen LogP contribution is 2.25. The highest BCUT2D eigenvalue weighted by molar-refractivity contribution is 5.46. The lowest BCUT2D eigenvalue weighted by molar-refractivity contribution is 0.127. The maximum absolute atomic E-state index is 9.89. The standard InChI is InChI=1S/C26H40N2O4/c1-28(2)23-12-9-21(10-13-23)8-7-17-32-16-6-4-3-5-15-27-18-24-22(19-29)11-14-26(31)25(24)20-30/h9-14,27,29-31H,3-8,15-20H2,1-2H3. The molecule has 0 fully saturated rings. The van der Waals surface area contributed by atoms with Crippen molar-refractivity contribution in [3.63, 3.8) is 0 Å². The van der Waals surface area contributed by atoms with E-state index in [4.69, 9.17) is 4.74 Å². The van der Waals surface area contributed by atoms with E-state index in [-0.39, 0.29) is 19.0 Å². The minimum atomic E-state index is -0.237. The second-order valence-corrected chi connectivity index (χ2v) is 8.38. The smallest absolute Gasteiger partial charge is 0.121 e. The van der Waals surface area contributed by atoms with E-state index in [9.17, 15) is 15.3 Å². The van der Waals surface area contributed by atoms with Gasteiger partial charge in [0, 0.05) is 45.1 Å². The van der Waals surface area contributed by atoms with Gasteiger partial charge >= 0.3 is 0 Å². The van der Waals surface area contributed by atoms with Crippen LogP contribution >= 0.6 is 0 Å². The molecular weight excluding hydrogens is 404 g/mol. The summed E-state index contributed by atoms with van der Waals surface area (Å²) in [5.74, 6) is 0.0729. The molecule has 6 nitrogen and oxygen atoms in total. The quantitative estimate of drug-likeness (QED) is 0.295. The molecule has 6 heteroatoms. The Kier molecular flexibility index (Phi) is 12.1. The number of phenols is 1. The Balaban J connectivity index is 1.48. The average Bonchev–Trinajstić information content (AvgIpc) is 2.80. The summed E-state index contributed by atoms with van der Waals surface area (Å²) in [7, 11) is 4.11. The van der Waals surface area contributed by atoms with Crippen molar-refractivity contribution < 1.29 is 20.1 Å². The van der Waals surface area contributed by atoms with Crippen LogP contribution in [0.1, 0.15) is 54.4 Å². The predicted molar refractivity (Wildman–Crippen MR) is 130 cm³/mol. The van der Waals surface area contributed by atoms with Gasteiger partial charge in [-0.15, -0.1) is 0 Å². The monoisotopic (exact) mass is 444 g/mol. The number of aromatic hydroxyl groups is 1. The third kappa shape index (κ3) is 8.79. The largest absolute Gasteiger partial charge is 0.508 e. The Morgan fingerprint density at radius 1 is 0.812 bits per heavy atom. The Labute approximate surface area is 192 Å². The van der Waals surface area contributed by atoms with Crippen molar-refractivity contribution in [2.24, 2.45) is 0 Å². The van der Waals surface area contributed by atoms with Crippen molar-refractivity contribution in [1.29, 1.82) is 0 Å².